The molecule has 0 saturated carbocycles. The van der Waals surface area contributed by atoms with E-state index >= 15 is 0 Å². The number of benzene rings is 3. The van der Waals surface area contributed by atoms with Crippen molar-refractivity contribution in [3.8, 4) is 23.0 Å². The topological polar surface area (TPSA) is 88.0 Å². The molecular formula is C22H15NO5S. The quantitative estimate of drug-likeness (QED) is 0.408. The number of phenolic OH excluding ortho intramolecular Hbond substituents is 2. The van der Waals surface area contributed by atoms with Crippen LogP contribution in [-0.2, 0) is 10.3 Å². The van der Waals surface area contributed by atoms with Gasteiger partial charge >= 0.3 is 5.97 Å². The first-order valence-corrected chi connectivity index (χ1v) is 9.29. The molecular weight excluding hydrogens is 390 g/mol. The lowest BCUT2D eigenvalue weighted by Gasteiger charge is -2.36. The molecule has 0 amide bonds. The van der Waals surface area contributed by atoms with Gasteiger partial charge in [-0.1, -0.05) is 12.2 Å². The van der Waals surface area contributed by atoms with Crippen LogP contribution in [0.4, 0.5) is 5.69 Å². The van der Waals surface area contributed by atoms with Crippen LogP contribution in [0.5, 0.6) is 23.0 Å². The Hall–Kier alpha value is -3.58. The first-order valence-electron chi connectivity index (χ1n) is 8.89. The van der Waals surface area contributed by atoms with E-state index in [1.807, 2.05) is 6.07 Å². The number of phenols is 2. The van der Waals surface area contributed by atoms with E-state index in [9.17, 15) is 15.0 Å². The molecule has 1 spiro atoms. The standard InChI is InChI=1S/C22H15NO5S/c1-11(29)23-12-2-5-15-18(8-12)22(28-21(15)26)16-6-3-13(24)9-19(16)27-20-10-14(25)4-7-17(20)22/h2-10,24-25H,1H3,(H,23,29). The van der Waals surface area contributed by atoms with E-state index in [0.29, 0.717) is 38.7 Å². The Labute approximate surface area is 171 Å². The molecule has 0 unspecified atom stereocenters. The third-order valence-corrected chi connectivity index (χ3v) is 5.20. The summed E-state index contributed by atoms with van der Waals surface area (Å²) in [6.07, 6.45) is 0. The van der Waals surface area contributed by atoms with E-state index in [1.165, 1.54) is 24.3 Å². The SMILES string of the molecule is CC(=S)Nc1ccc2c(c1)C1(OC2=O)c2ccc(O)cc2Oc2cc(O)ccc21. The second-order valence-electron chi connectivity index (χ2n) is 6.98. The number of carbonyl (C=O) groups is 1. The van der Waals surface area contributed by atoms with Gasteiger partial charge in [-0.2, -0.15) is 0 Å². The summed E-state index contributed by atoms with van der Waals surface area (Å²) in [4.78, 5) is 13.4. The number of nitrogens with one attached hydrogen (secondary N) is 1. The second kappa shape index (κ2) is 5.96. The fourth-order valence-electron chi connectivity index (χ4n) is 3.98. The van der Waals surface area contributed by atoms with Crippen LogP contribution in [0, 0.1) is 0 Å². The van der Waals surface area contributed by atoms with E-state index in [-0.39, 0.29) is 11.5 Å². The fraction of sp³-hybridized carbons (Fsp3) is 0.0909. The molecule has 0 fully saturated rings. The van der Waals surface area contributed by atoms with Crippen LogP contribution in [0.1, 0.15) is 34.0 Å². The minimum Gasteiger partial charge on any atom is -0.508 e. The minimum atomic E-state index is -1.27. The largest absolute Gasteiger partial charge is 0.508 e. The molecule has 0 radical (unpaired) electrons. The summed E-state index contributed by atoms with van der Waals surface area (Å²) < 4.78 is 11.9. The monoisotopic (exact) mass is 405 g/mol. The maximum absolute atomic E-state index is 12.8. The van der Waals surface area contributed by atoms with Crippen molar-refractivity contribution in [1.29, 1.82) is 0 Å². The first kappa shape index (κ1) is 17.5. The number of fused-ring (bicyclic) bond motifs is 6. The molecule has 29 heavy (non-hydrogen) atoms. The van der Waals surface area contributed by atoms with E-state index in [2.05, 4.69) is 5.32 Å². The Morgan fingerprint density at radius 3 is 2.14 bits per heavy atom. The van der Waals surface area contributed by atoms with Gasteiger partial charge < -0.3 is 25.0 Å². The van der Waals surface area contributed by atoms with Gasteiger partial charge in [-0.3, -0.25) is 0 Å². The number of thiocarbonyl (C=S) groups is 1. The summed E-state index contributed by atoms with van der Waals surface area (Å²) in [5.74, 6) is 0.240. The lowest BCUT2D eigenvalue weighted by atomic mass is 9.77. The zero-order valence-electron chi connectivity index (χ0n) is 15.2. The van der Waals surface area contributed by atoms with E-state index < -0.39 is 11.6 Å². The summed E-state index contributed by atoms with van der Waals surface area (Å²) in [5.41, 5.74) is 1.67. The Morgan fingerprint density at radius 2 is 1.55 bits per heavy atom. The number of carbonyl (C=O) groups excluding carboxylic acids is 1. The highest BCUT2D eigenvalue weighted by Crippen LogP contribution is 2.57. The van der Waals surface area contributed by atoms with Gasteiger partial charge in [0.15, 0.2) is 5.60 Å². The molecule has 6 nitrogen and oxygen atoms in total. The predicted molar refractivity (Wildman–Crippen MR) is 110 cm³/mol. The molecule has 2 aliphatic heterocycles. The highest BCUT2D eigenvalue weighted by Gasteiger charge is 2.53. The molecule has 2 aliphatic rings. The van der Waals surface area contributed by atoms with Crippen LogP contribution in [0.25, 0.3) is 0 Å². The van der Waals surface area contributed by atoms with Gasteiger partial charge in [0.2, 0.25) is 0 Å². The Kier molecular flexibility index (Phi) is 3.60. The lowest BCUT2D eigenvalue weighted by molar-refractivity contribution is 0.0224. The molecule has 5 rings (SSSR count). The maximum Gasteiger partial charge on any atom is 0.340 e. The number of anilines is 1. The highest BCUT2D eigenvalue weighted by molar-refractivity contribution is 7.80. The van der Waals surface area contributed by atoms with Gasteiger partial charge in [0, 0.05) is 34.5 Å². The molecule has 0 atom stereocenters. The molecule has 0 aromatic heterocycles. The van der Waals surface area contributed by atoms with Gasteiger partial charge in [0.25, 0.3) is 0 Å². The molecule has 0 bridgehead atoms. The van der Waals surface area contributed by atoms with Crippen molar-refractivity contribution in [3.05, 3.63) is 76.9 Å². The molecule has 144 valence electrons. The van der Waals surface area contributed by atoms with Gasteiger partial charge in [-0.05, 0) is 49.4 Å². The molecule has 0 aliphatic carbocycles. The normalized spacial score (nSPS) is 15.0. The fourth-order valence-corrected chi connectivity index (χ4v) is 4.10. The number of ether oxygens (including phenoxy) is 2. The Morgan fingerprint density at radius 1 is 0.931 bits per heavy atom. The number of hydrogen-bond acceptors (Lipinski definition) is 6. The molecule has 3 aromatic rings. The number of esters is 1. The van der Waals surface area contributed by atoms with Crippen molar-refractivity contribution < 1.29 is 24.5 Å². The van der Waals surface area contributed by atoms with Crippen LogP contribution in [0.2, 0.25) is 0 Å². The average Bonchev–Trinajstić information content (AvgIpc) is 2.93. The van der Waals surface area contributed by atoms with Crippen LogP contribution in [-0.4, -0.2) is 21.2 Å². The van der Waals surface area contributed by atoms with Gasteiger partial charge in [0.1, 0.15) is 23.0 Å². The molecule has 7 heteroatoms. The maximum atomic E-state index is 12.8. The molecule has 3 N–H and O–H groups in total. The average molecular weight is 405 g/mol. The van der Waals surface area contributed by atoms with Crippen molar-refractivity contribution in [3.63, 3.8) is 0 Å². The van der Waals surface area contributed by atoms with Crippen molar-refractivity contribution in [2.24, 2.45) is 0 Å². The van der Waals surface area contributed by atoms with Gasteiger partial charge in [-0.25, -0.2) is 4.79 Å². The Bertz CT molecular complexity index is 1170. The number of aromatic hydroxyl groups is 2. The van der Waals surface area contributed by atoms with E-state index in [0.717, 1.165) is 5.69 Å². The highest BCUT2D eigenvalue weighted by atomic mass is 32.1. The summed E-state index contributed by atoms with van der Waals surface area (Å²) in [5, 5.41) is 23.0. The number of hydrogen-bond donors (Lipinski definition) is 3. The van der Waals surface area contributed by atoms with Gasteiger partial charge in [-0.15, -0.1) is 0 Å². The van der Waals surface area contributed by atoms with E-state index in [4.69, 9.17) is 21.7 Å². The minimum absolute atomic E-state index is 0.0128. The van der Waals surface area contributed by atoms with Crippen LogP contribution in [0.3, 0.4) is 0 Å². The second-order valence-corrected chi connectivity index (χ2v) is 7.59. The third-order valence-electron chi connectivity index (χ3n) is 5.09. The van der Waals surface area contributed by atoms with Crippen molar-refractivity contribution in [2.45, 2.75) is 12.5 Å². The lowest BCUT2D eigenvalue weighted by Crippen LogP contribution is -2.33. The van der Waals surface area contributed by atoms with Crippen molar-refractivity contribution in [2.75, 3.05) is 5.32 Å². The summed E-state index contributed by atoms with van der Waals surface area (Å²) in [6, 6.07) is 14.6. The summed E-state index contributed by atoms with van der Waals surface area (Å²) in [6.45, 7) is 1.77. The van der Waals surface area contributed by atoms with Crippen LogP contribution in [0.15, 0.2) is 54.6 Å². The van der Waals surface area contributed by atoms with Crippen molar-refractivity contribution in [1.82, 2.24) is 0 Å². The summed E-state index contributed by atoms with van der Waals surface area (Å²) in [7, 11) is 0. The molecule has 2 heterocycles. The predicted octanol–water partition coefficient (Wildman–Crippen LogP) is 4.43. The third kappa shape index (κ3) is 2.48. The number of rotatable bonds is 1. The van der Waals surface area contributed by atoms with Crippen molar-refractivity contribution >= 4 is 28.9 Å². The van der Waals surface area contributed by atoms with E-state index in [1.54, 1.807) is 31.2 Å². The molecule has 0 saturated heterocycles. The smallest absolute Gasteiger partial charge is 0.340 e. The van der Waals surface area contributed by atoms with Gasteiger partial charge in [0.05, 0.1) is 10.6 Å². The zero-order valence-corrected chi connectivity index (χ0v) is 16.0. The molecule has 3 aromatic carbocycles. The summed E-state index contributed by atoms with van der Waals surface area (Å²) >= 11 is 5.15. The van der Waals surface area contributed by atoms with Crippen LogP contribution >= 0.6 is 12.2 Å². The zero-order chi connectivity index (χ0) is 20.3. The first-order chi connectivity index (χ1) is 13.9. The van der Waals surface area contributed by atoms with Crippen LogP contribution < -0.4 is 10.1 Å². The Balaban J connectivity index is 1.85.